The zero-order valence-corrected chi connectivity index (χ0v) is 39.3. The van der Waals surface area contributed by atoms with Crippen LogP contribution in [0.4, 0.5) is 43.7 Å². The third-order valence-corrected chi connectivity index (χ3v) is 12.7. The predicted molar refractivity (Wildman–Crippen MR) is 272 cm³/mol. The first-order chi connectivity index (χ1) is 33.4. The molecular formula is C52H47Cl3N8O6. The van der Waals surface area contributed by atoms with E-state index in [9.17, 15) is 9.59 Å². The molecule has 14 nitrogen and oxygen atoms in total. The number of amidine groups is 2. The van der Waals surface area contributed by atoms with Gasteiger partial charge >= 0.3 is 12.2 Å². The van der Waals surface area contributed by atoms with Crippen LogP contribution >= 0.6 is 34.8 Å². The zero-order valence-electron chi connectivity index (χ0n) is 37.1. The van der Waals surface area contributed by atoms with Gasteiger partial charge in [0.25, 0.3) is 23.0 Å². The van der Waals surface area contributed by atoms with E-state index in [-0.39, 0.29) is 38.9 Å². The number of amides is 4. The summed E-state index contributed by atoms with van der Waals surface area (Å²) >= 11 is 19.5. The Morgan fingerprint density at radius 3 is 1.30 bits per heavy atom. The van der Waals surface area contributed by atoms with Gasteiger partial charge in [0.05, 0.1) is 0 Å². The van der Waals surface area contributed by atoms with Crippen molar-refractivity contribution in [1.82, 2.24) is 0 Å². The molecule has 2 unspecified atom stereocenters. The molecule has 2 fully saturated rings. The lowest BCUT2D eigenvalue weighted by molar-refractivity contribution is -0.183. The van der Waals surface area contributed by atoms with E-state index in [2.05, 4.69) is 21.3 Å². The lowest BCUT2D eigenvalue weighted by Crippen LogP contribution is -2.66. The number of carbonyl (C=O) groups excluding carboxylic acids is 4. The summed E-state index contributed by atoms with van der Waals surface area (Å²) in [6.45, 7) is 1.29. The number of piperidine rings is 2. The van der Waals surface area contributed by atoms with Gasteiger partial charge in [0.2, 0.25) is 0 Å². The number of hydrogen-bond donors (Lipinski definition) is 6. The molecule has 0 aromatic heterocycles. The van der Waals surface area contributed by atoms with Gasteiger partial charge < -0.3 is 29.9 Å². The molecule has 6 aromatic rings. The van der Waals surface area contributed by atoms with Crippen molar-refractivity contribution in [3.63, 3.8) is 0 Å². The van der Waals surface area contributed by atoms with E-state index in [1.54, 1.807) is 72.8 Å². The van der Waals surface area contributed by atoms with Crippen molar-refractivity contribution in [1.29, 1.82) is 10.8 Å². The van der Waals surface area contributed by atoms with Gasteiger partial charge in [-0.3, -0.25) is 31.0 Å². The van der Waals surface area contributed by atoms with Crippen molar-refractivity contribution in [2.24, 2.45) is 0 Å². The summed E-state index contributed by atoms with van der Waals surface area (Å²) in [5.74, 6) is -1.36. The van der Waals surface area contributed by atoms with E-state index in [4.69, 9.17) is 55.1 Å². The molecule has 2 saturated heterocycles. The van der Waals surface area contributed by atoms with E-state index in [1.807, 2.05) is 9.80 Å². The Balaban J connectivity index is 1.34. The van der Waals surface area contributed by atoms with E-state index >= 15 is 9.59 Å². The normalized spacial score (nSPS) is 15.5. The monoisotopic (exact) mass is 984 g/mol. The molecule has 0 bridgehead atoms. The van der Waals surface area contributed by atoms with Crippen LogP contribution in [0.1, 0.15) is 49.7 Å². The van der Waals surface area contributed by atoms with Crippen molar-refractivity contribution >= 4 is 105 Å². The van der Waals surface area contributed by atoms with Crippen LogP contribution in [-0.2, 0) is 30.3 Å². The number of nitrogens with zero attached hydrogens (tertiary/aromatic N) is 2. The number of carbonyl (C=O) groups is 4. The fourth-order valence-corrected chi connectivity index (χ4v) is 9.01. The Hall–Kier alpha value is -7.39. The Morgan fingerprint density at radius 2 is 0.855 bits per heavy atom. The highest BCUT2D eigenvalue weighted by Crippen LogP contribution is 2.51. The average molecular weight is 986 g/mol. The Kier molecular flexibility index (Phi) is 14.8. The molecule has 0 spiro atoms. The molecule has 69 heavy (non-hydrogen) atoms. The first-order valence-corrected chi connectivity index (χ1v) is 23.3. The van der Waals surface area contributed by atoms with Crippen LogP contribution in [0, 0.1) is 10.8 Å². The van der Waals surface area contributed by atoms with Gasteiger partial charge in [-0.2, -0.15) is 0 Å². The summed E-state index contributed by atoms with van der Waals surface area (Å²) in [4.78, 5) is 65.4. The van der Waals surface area contributed by atoms with Crippen molar-refractivity contribution in [3.05, 3.63) is 178 Å². The van der Waals surface area contributed by atoms with E-state index in [0.29, 0.717) is 47.6 Å². The molecule has 2 atom stereocenters. The number of halogens is 3. The lowest BCUT2D eigenvalue weighted by atomic mass is 9.71. The van der Waals surface area contributed by atoms with E-state index in [1.165, 1.54) is 78.9 Å². The molecule has 4 amide bonds. The van der Waals surface area contributed by atoms with E-state index in [0.717, 1.165) is 37.1 Å². The van der Waals surface area contributed by atoms with Gasteiger partial charge in [-0.15, -0.1) is 0 Å². The zero-order chi connectivity index (χ0) is 48.5. The van der Waals surface area contributed by atoms with Gasteiger partial charge in [-0.05, 0) is 129 Å². The minimum absolute atomic E-state index is 0.111. The van der Waals surface area contributed by atoms with Crippen LogP contribution in [-0.4, -0.2) is 48.8 Å². The van der Waals surface area contributed by atoms with Crippen LogP contribution in [0.2, 0.25) is 15.1 Å². The predicted octanol–water partition coefficient (Wildman–Crippen LogP) is 12.4. The van der Waals surface area contributed by atoms with Gasteiger partial charge in [0, 0.05) is 86.3 Å². The third kappa shape index (κ3) is 10.5. The molecule has 6 aromatic carbocycles. The molecule has 6 N–H and O–H groups in total. The number of nitrogens with one attached hydrogen (secondary N) is 6. The Bertz CT molecular complexity index is 2850. The lowest BCUT2D eigenvalue weighted by Gasteiger charge is -2.46. The molecule has 8 rings (SSSR count). The summed E-state index contributed by atoms with van der Waals surface area (Å²) in [5, 5.41) is 28.8. The first-order valence-electron chi connectivity index (χ1n) is 22.2. The fourth-order valence-electron chi connectivity index (χ4n) is 8.49. The maximum absolute atomic E-state index is 16.1. The highest BCUT2D eigenvalue weighted by Gasteiger charge is 2.70. The summed E-state index contributed by atoms with van der Waals surface area (Å²) < 4.78 is 13.1. The highest BCUT2D eigenvalue weighted by atomic mass is 35.5. The SMILES string of the molecule is N=C1CCCCN1c1ccc(NC(=O)C(OC(=O)Nc2ccc(Cl)cc2)(c2ccccc2)C(OC(=O)Nc2ccc(Cl)cc2)(C(=O)Nc2ccc(N3CCCCC3=N)cc2)c2ccccc2Cl)cc1. The number of benzene rings is 6. The van der Waals surface area contributed by atoms with Crippen molar-refractivity contribution in [3.8, 4) is 0 Å². The standard InChI is InChI=1S/C52H47Cl3N8O6/c53-35-16-20-39(21-17-35)60-49(66)68-51(34-10-2-1-3-11-34,47(64)58-37-24-28-41(29-25-37)62-32-8-6-14-45(62)56)52(43-12-4-5-13-44(43)55,69-50(67)61-40-22-18-36(54)19-23-40)48(65)59-38-26-30-42(31-27-38)63-33-9-7-15-46(63)57/h1-5,10-13,16-31,56-57H,6-9,14-15,32-33H2,(H,58,64)(H,59,65)(H,60,66)(H,61,67). The van der Waals surface area contributed by atoms with Gasteiger partial charge in [0.15, 0.2) is 0 Å². The molecule has 0 aliphatic carbocycles. The summed E-state index contributed by atoms with van der Waals surface area (Å²) in [6, 6.07) is 39.3. The van der Waals surface area contributed by atoms with Crippen molar-refractivity contribution in [2.45, 2.75) is 49.7 Å². The van der Waals surface area contributed by atoms with Crippen LogP contribution < -0.4 is 31.1 Å². The highest BCUT2D eigenvalue weighted by molar-refractivity contribution is 6.32. The number of ether oxygens (including phenoxy) is 2. The fraction of sp³-hybridized carbons (Fsp3) is 0.192. The van der Waals surface area contributed by atoms with Crippen LogP contribution in [0.25, 0.3) is 0 Å². The molecule has 2 heterocycles. The Labute approximate surface area is 413 Å². The van der Waals surface area contributed by atoms with Crippen molar-refractivity contribution in [2.75, 3.05) is 44.2 Å². The van der Waals surface area contributed by atoms with Crippen LogP contribution in [0.5, 0.6) is 0 Å². The second-order valence-corrected chi connectivity index (χ2v) is 17.6. The smallest absolute Gasteiger partial charge is 0.413 e. The Morgan fingerprint density at radius 1 is 0.464 bits per heavy atom. The summed E-state index contributed by atoms with van der Waals surface area (Å²) in [7, 11) is 0. The topological polar surface area (TPSA) is 189 Å². The maximum Gasteiger partial charge on any atom is 0.413 e. The van der Waals surface area contributed by atoms with Crippen LogP contribution in [0.15, 0.2) is 152 Å². The average Bonchev–Trinajstić information content (AvgIpc) is 3.35. The minimum Gasteiger partial charge on any atom is -0.422 e. The largest absolute Gasteiger partial charge is 0.422 e. The molecular weight excluding hydrogens is 939 g/mol. The molecule has 2 aliphatic rings. The van der Waals surface area contributed by atoms with Crippen LogP contribution in [0.3, 0.4) is 0 Å². The molecule has 2 aliphatic heterocycles. The molecule has 0 saturated carbocycles. The molecule has 0 radical (unpaired) electrons. The number of hydrogen-bond acceptors (Lipinski definition) is 8. The van der Waals surface area contributed by atoms with Gasteiger partial charge in [-0.25, -0.2) is 9.59 Å². The van der Waals surface area contributed by atoms with Gasteiger partial charge in [0.1, 0.15) is 11.7 Å². The molecule has 352 valence electrons. The summed E-state index contributed by atoms with van der Waals surface area (Å²) in [5.41, 5.74) is -4.17. The first kappa shape index (κ1) is 48.1. The quantitative estimate of drug-likeness (QED) is 0.0659. The van der Waals surface area contributed by atoms with E-state index < -0.39 is 35.2 Å². The second kappa shape index (κ2) is 21.3. The van der Waals surface area contributed by atoms with Crippen molar-refractivity contribution < 1.29 is 28.7 Å². The molecule has 17 heteroatoms. The second-order valence-electron chi connectivity index (χ2n) is 16.4. The maximum atomic E-state index is 16.1. The minimum atomic E-state index is -3.05. The summed E-state index contributed by atoms with van der Waals surface area (Å²) in [6.07, 6.45) is 2.37. The number of anilines is 6. The third-order valence-electron chi connectivity index (χ3n) is 11.9. The number of rotatable bonds is 13. The van der Waals surface area contributed by atoms with Gasteiger partial charge in [-0.1, -0.05) is 83.3 Å².